The molecule has 0 aromatic heterocycles. The van der Waals surface area contributed by atoms with Crippen LogP contribution in [-0.4, -0.2) is 48.9 Å². The second kappa shape index (κ2) is 10.4. The first-order chi connectivity index (χ1) is 15.4. The number of hydrogen-bond donors (Lipinski definition) is 2. The summed E-state index contributed by atoms with van der Waals surface area (Å²) in [5, 5.41) is 16.7. The Morgan fingerprint density at radius 2 is 1.84 bits per heavy atom. The smallest absolute Gasteiger partial charge is 0.338 e. The molecule has 168 valence electrons. The van der Waals surface area contributed by atoms with Crippen molar-refractivity contribution in [3.63, 3.8) is 0 Å². The lowest BCUT2D eigenvalue weighted by molar-refractivity contribution is -0.384. The molecule has 10 heteroatoms. The molecule has 0 atom stereocenters. The fourth-order valence-electron chi connectivity index (χ4n) is 3.43. The van der Waals surface area contributed by atoms with Crippen LogP contribution in [0.5, 0.6) is 0 Å². The Kier molecular flexibility index (Phi) is 7.37. The number of nitrogens with zero attached hydrogens (tertiary/aromatic N) is 2. The maximum Gasteiger partial charge on any atom is 0.338 e. The monoisotopic (exact) mass is 440 g/mol. The van der Waals surface area contributed by atoms with E-state index in [1.54, 1.807) is 25.1 Å². The lowest BCUT2D eigenvalue weighted by atomic mass is 10.1. The molecule has 2 aromatic carbocycles. The highest BCUT2D eigenvalue weighted by molar-refractivity contribution is 5.98. The van der Waals surface area contributed by atoms with Crippen molar-refractivity contribution in [3.05, 3.63) is 63.7 Å². The van der Waals surface area contributed by atoms with Crippen LogP contribution in [0.4, 0.5) is 17.1 Å². The van der Waals surface area contributed by atoms with Crippen LogP contribution >= 0.6 is 0 Å². The average Bonchev–Trinajstić information content (AvgIpc) is 3.32. The summed E-state index contributed by atoms with van der Waals surface area (Å²) in [5.41, 5.74) is 1.04. The molecule has 10 nitrogen and oxygen atoms in total. The fourth-order valence-corrected chi connectivity index (χ4v) is 3.43. The van der Waals surface area contributed by atoms with Gasteiger partial charge in [0, 0.05) is 37.0 Å². The van der Waals surface area contributed by atoms with Gasteiger partial charge in [-0.1, -0.05) is 6.07 Å². The van der Waals surface area contributed by atoms with Gasteiger partial charge in [-0.25, -0.2) is 4.79 Å². The van der Waals surface area contributed by atoms with Gasteiger partial charge in [0.1, 0.15) is 5.69 Å². The maximum absolute atomic E-state index is 12.3. The minimum absolute atomic E-state index is 0.00863. The van der Waals surface area contributed by atoms with Crippen molar-refractivity contribution in [2.24, 2.45) is 0 Å². The molecule has 0 saturated carbocycles. The molecule has 0 aliphatic carbocycles. The number of esters is 1. The Balaban J connectivity index is 1.61. The molecule has 2 aromatic rings. The van der Waals surface area contributed by atoms with Crippen LogP contribution in [0.1, 0.15) is 40.5 Å². The molecule has 3 rings (SSSR count). The van der Waals surface area contributed by atoms with Crippen molar-refractivity contribution in [3.8, 4) is 0 Å². The zero-order valence-electron chi connectivity index (χ0n) is 17.6. The number of rotatable bonds is 8. The third kappa shape index (κ3) is 5.60. The minimum atomic E-state index is -0.840. The lowest BCUT2D eigenvalue weighted by Crippen LogP contribution is -2.23. The number of carbonyl (C=O) groups excluding carboxylic acids is 3. The van der Waals surface area contributed by atoms with E-state index < -0.39 is 23.4 Å². The van der Waals surface area contributed by atoms with E-state index >= 15 is 0 Å². The van der Waals surface area contributed by atoms with Gasteiger partial charge in [0.05, 0.1) is 10.5 Å². The maximum atomic E-state index is 12.3. The van der Waals surface area contributed by atoms with Crippen molar-refractivity contribution < 1.29 is 24.0 Å². The number of amides is 2. The molecule has 2 amide bonds. The van der Waals surface area contributed by atoms with Crippen molar-refractivity contribution >= 4 is 34.8 Å². The molecular weight excluding hydrogens is 416 g/mol. The highest BCUT2D eigenvalue weighted by Gasteiger charge is 2.24. The van der Waals surface area contributed by atoms with Crippen molar-refractivity contribution in [2.45, 2.75) is 19.8 Å². The summed E-state index contributed by atoms with van der Waals surface area (Å²) >= 11 is 0. The Labute approximate surface area is 184 Å². The largest absolute Gasteiger partial charge is 0.452 e. The van der Waals surface area contributed by atoms with Gasteiger partial charge in [-0.2, -0.15) is 0 Å². The first-order valence-corrected chi connectivity index (χ1v) is 10.3. The lowest BCUT2D eigenvalue weighted by Gasteiger charge is -2.17. The van der Waals surface area contributed by atoms with E-state index in [1.807, 2.05) is 4.90 Å². The fraction of sp³-hybridized carbons (Fsp3) is 0.318. The predicted molar refractivity (Wildman–Crippen MR) is 118 cm³/mol. The molecule has 1 aliphatic heterocycles. The molecule has 0 radical (unpaired) electrons. The molecule has 0 bridgehead atoms. The van der Waals surface area contributed by atoms with E-state index in [-0.39, 0.29) is 17.2 Å². The number of hydrogen-bond acceptors (Lipinski definition) is 7. The molecule has 1 fully saturated rings. The average molecular weight is 440 g/mol. The number of nitro benzene ring substituents is 1. The molecule has 0 spiro atoms. The molecule has 1 saturated heterocycles. The van der Waals surface area contributed by atoms with Crippen molar-refractivity contribution in [1.29, 1.82) is 0 Å². The number of ether oxygens (including phenoxy) is 1. The Hall–Kier alpha value is -3.95. The minimum Gasteiger partial charge on any atom is -0.452 e. The van der Waals surface area contributed by atoms with Gasteiger partial charge in [0.15, 0.2) is 6.61 Å². The summed E-state index contributed by atoms with van der Waals surface area (Å²) in [5.74, 6) is -1.71. The van der Waals surface area contributed by atoms with E-state index in [2.05, 4.69) is 10.6 Å². The molecule has 1 aliphatic rings. The van der Waals surface area contributed by atoms with Gasteiger partial charge in [-0.15, -0.1) is 0 Å². The molecule has 2 N–H and O–H groups in total. The van der Waals surface area contributed by atoms with Gasteiger partial charge in [0.2, 0.25) is 0 Å². The Bertz CT molecular complexity index is 1030. The Morgan fingerprint density at radius 1 is 1.09 bits per heavy atom. The SMILES string of the molecule is CCNC(=O)c1cccc(NC(=O)COC(=O)c2ccc(N3CCCC3)c([N+](=O)[O-])c2)c1. The molecular formula is C22H24N4O6. The van der Waals surface area contributed by atoms with E-state index in [0.717, 1.165) is 25.9 Å². The number of anilines is 2. The van der Waals surface area contributed by atoms with E-state index in [9.17, 15) is 24.5 Å². The second-order valence-electron chi connectivity index (χ2n) is 7.22. The summed E-state index contributed by atoms with van der Waals surface area (Å²) in [6.45, 7) is 3.15. The van der Waals surface area contributed by atoms with E-state index in [0.29, 0.717) is 23.5 Å². The third-order valence-corrected chi connectivity index (χ3v) is 4.93. The highest BCUT2D eigenvalue weighted by atomic mass is 16.6. The van der Waals surface area contributed by atoms with E-state index in [1.165, 1.54) is 24.3 Å². The van der Waals surface area contributed by atoms with Gasteiger partial charge >= 0.3 is 5.97 Å². The topological polar surface area (TPSA) is 131 Å². The number of benzene rings is 2. The molecule has 32 heavy (non-hydrogen) atoms. The zero-order valence-corrected chi connectivity index (χ0v) is 17.6. The predicted octanol–water partition coefficient (Wildman–Crippen LogP) is 2.74. The quantitative estimate of drug-likeness (QED) is 0.367. The summed E-state index contributed by atoms with van der Waals surface area (Å²) in [6, 6.07) is 10.5. The number of nitrogens with one attached hydrogen (secondary N) is 2. The second-order valence-corrected chi connectivity index (χ2v) is 7.22. The van der Waals surface area contributed by atoms with Crippen LogP contribution in [0.3, 0.4) is 0 Å². The summed E-state index contributed by atoms with van der Waals surface area (Å²) in [6.07, 6.45) is 1.92. The first kappa shape index (κ1) is 22.7. The van der Waals surface area contributed by atoms with Crippen LogP contribution < -0.4 is 15.5 Å². The number of carbonyl (C=O) groups is 3. The van der Waals surface area contributed by atoms with Crippen LogP contribution in [0.25, 0.3) is 0 Å². The molecule has 1 heterocycles. The first-order valence-electron chi connectivity index (χ1n) is 10.3. The normalized spacial score (nSPS) is 12.8. The van der Waals surface area contributed by atoms with Crippen LogP contribution in [-0.2, 0) is 9.53 Å². The van der Waals surface area contributed by atoms with Gasteiger partial charge in [-0.05, 0) is 50.1 Å². The molecule has 0 unspecified atom stereocenters. The van der Waals surface area contributed by atoms with Gasteiger partial charge < -0.3 is 20.3 Å². The summed E-state index contributed by atoms with van der Waals surface area (Å²) < 4.78 is 5.01. The zero-order chi connectivity index (χ0) is 23.1. The van der Waals surface area contributed by atoms with Crippen LogP contribution in [0.2, 0.25) is 0 Å². The standard InChI is InChI=1S/C22H24N4O6/c1-2-23-21(28)15-6-5-7-17(12-15)24-20(27)14-32-22(29)16-8-9-18(19(13-16)26(30)31)25-10-3-4-11-25/h5-9,12-13H,2-4,10-11,14H2,1H3,(H,23,28)(H,24,27). The summed E-state index contributed by atoms with van der Waals surface area (Å²) in [7, 11) is 0. The van der Waals surface area contributed by atoms with Crippen LogP contribution in [0, 0.1) is 10.1 Å². The van der Waals surface area contributed by atoms with E-state index in [4.69, 9.17) is 4.74 Å². The van der Waals surface area contributed by atoms with Gasteiger partial charge in [-0.3, -0.25) is 19.7 Å². The number of nitro groups is 1. The summed E-state index contributed by atoms with van der Waals surface area (Å²) in [4.78, 5) is 49.2. The van der Waals surface area contributed by atoms with Crippen molar-refractivity contribution in [1.82, 2.24) is 5.32 Å². The van der Waals surface area contributed by atoms with Crippen LogP contribution in [0.15, 0.2) is 42.5 Å². The Morgan fingerprint density at radius 3 is 2.53 bits per heavy atom. The third-order valence-electron chi connectivity index (χ3n) is 4.93. The van der Waals surface area contributed by atoms with Gasteiger partial charge in [0.25, 0.3) is 17.5 Å². The van der Waals surface area contributed by atoms with Crippen molar-refractivity contribution in [2.75, 3.05) is 36.5 Å². The highest BCUT2D eigenvalue weighted by Crippen LogP contribution is 2.31.